The van der Waals surface area contributed by atoms with Gasteiger partial charge >= 0.3 is 0 Å². The Morgan fingerprint density at radius 3 is 2.47 bits per heavy atom. The molecule has 142 valence electrons. The molecule has 0 saturated heterocycles. The van der Waals surface area contributed by atoms with Crippen LogP contribution in [0, 0.1) is 0 Å². The van der Waals surface area contributed by atoms with E-state index in [9.17, 15) is 0 Å². The Hall–Kier alpha value is -4.46. The van der Waals surface area contributed by atoms with Crippen molar-refractivity contribution in [1.29, 1.82) is 0 Å². The number of fused-ring (bicyclic) bond motifs is 2. The summed E-state index contributed by atoms with van der Waals surface area (Å²) in [6.07, 6.45) is 10.3. The molecule has 0 fully saturated rings. The van der Waals surface area contributed by atoms with Crippen molar-refractivity contribution >= 4 is 21.9 Å². The molecular formula is C22H14N8. The number of nitrogens with one attached hydrogen (secondary N) is 2. The molecule has 6 aromatic heterocycles. The summed E-state index contributed by atoms with van der Waals surface area (Å²) in [5.74, 6) is 0. The van der Waals surface area contributed by atoms with Crippen molar-refractivity contribution in [3.8, 4) is 33.9 Å². The third kappa shape index (κ3) is 2.62. The van der Waals surface area contributed by atoms with E-state index < -0.39 is 0 Å². The summed E-state index contributed by atoms with van der Waals surface area (Å²) in [4.78, 5) is 25.1. The average molecular weight is 390 g/mol. The summed E-state index contributed by atoms with van der Waals surface area (Å²) in [7, 11) is 0. The van der Waals surface area contributed by atoms with Gasteiger partial charge in [-0.2, -0.15) is 5.10 Å². The minimum atomic E-state index is 0.751. The van der Waals surface area contributed by atoms with E-state index in [1.54, 1.807) is 31.0 Å². The molecule has 0 aromatic carbocycles. The quantitative estimate of drug-likeness (QED) is 0.472. The highest BCUT2D eigenvalue weighted by molar-refractivity contribution is 5.99. The Morgan fingerprint density at radius 2 is 1.60 bits per heavy atom. The Labute approximate surface area is 170 Å². The van der Waals surface area contributed by atoms with Crippen molar-refractivity contribution < 1.29 is 0 Å². The van der Waals surface area contributed by atoms with Gasteiger partial charge in [0.15, 0.2) is 0 Å². The van der Waals surface area contributed by atoms with Gasteiger partial charge in [0.1, 0.15) is 17.5 Å². The van der Waals surface area contributed by atoms with Crippen molar-refractivity contribution in [2.75, 3.05) is 0 Å². The fourth-order valence-corrected chi connectivity index (χ4v) is 3.60. The van der Waals surface area contributed by atoms with Gasteiger partial charge in [-0.05, 0) is 36.4 Å². The van der Waals surface area contributed by atoms with Crippen LogP contribution in [0.1, 0.15) is 0 Å². The van der Waals surface area contributed by atoms with Gasteiger partial charge in [0.05, 0.1) is 22.6 Å². The normalized spacial score (nSPS) is 11.3. The minimum absolute atomic E-state index is 0.751. The predicted molar refractivity (Wildman–Crippen MR) is 113 cm³/mol. The first-order chi connectivity index (χ1) is 14.9. The van der Waals surface area contributed by atoms with Gasteiger partial charge in [0, 0.05) is 53.0 Å². The number of hydrogen-bond acceptors (Lipinski definition) is 6. The summed E-state index contributed by atoms with van der Waals surface area (Å²) in [5, 5.41) is 8.60. The van der Waals surface area contributed by atoms with Crippen LogP contribution < -0.4 is 0 Å². The number of H-pyrrole nitrogens is 2. The fraction of sp³-hybridized carbons (Fsp3) is 0. The lowest BCUT2D eigenvalue weighted by atomic mass is 10.1. The molecule has 6 heterocycles. The van der Waals surface area contributed by atoms with Crippen LogP contribution in [0.2, 0.25) is 0 Å². The van der Waals surface area contributed by atoms with Crippen LogP contribution in [-0.4, -0.2) is 40.1 Å². The first kappa shape index (κ1) is 16.5. The maximum Gasteiger partial charge on any atom is 0.135 e. The number of nitrogens with zero attached hydrogens (tertiary/aromatic N) is 6. The SMILES string of the molecule is c1cc(-c2nccc3[nH]c(-c4n[nH]c5ccc(-c6cncnc6)nc45)cc23)ccn1. The molecule has 2 N–H and O–H groups in total. The van der Waals surface area contributed by atoms with E-state index in [4.69, 9.17) is 4.98 Å². The van der Waals surface area contributed by atoms with E-state index >= 15 is 0 Å². The predicted octanol–water partition coefficient (Wildman–Crippen LogP) is 4.02. The molecule has 0 radical (unpaired) electrons. The second kappa shape index (κ2) is 6.56. The highest BCUT2D eigenvalue weighted by Crippen LogP contribution is 2.32. The summed E-state index contributed by atoms with van der Waals surface area (Å²) in [6, 6.07) is 11.8. The van der Waals surface area contributed by atoms with Crippen LogP contribution in [0.4, 0.5) is 0 Å². The first-order valence-electron chi connectivity index (χ1n) is 9.36. The second-order valence-corrected chi connectivity index (χ2v) is 6.83. The van der Waals surface area contributed by atoms with Crippen LogP contribution >= 0.6 is 0 Å². The van der Waals surface area contributed by atoms with E-state index in [1.165, 1.54) is 6.33 Å². The fourth-order valence-electron chi connectivity index (χ4n) is 3.60. The van der Waals surface area contributed by atoms with Crippen LogP contribution in [0.25, 0.3) is 55.8 Å². The molecule has 0 atom stereocenters. The molecule has 0 unspecified atom stereocenters. The molecule has 6 rings (SSSR count). The number of hydrogen-bond donors (Lipinski definition) is 2. The molecule has 8 heteroatoms. The Bertz CT molecular complexity index is 1490. The van der Waals surface area contributed by atoms with Gasteiger partial charge in [-0.3, -0.25) is 15.1 Å². The van der Waals surface area contributed by atoms with Crippen LogP contribution in [0.5, 0.6) is 0 Å². The molecule has 8 nitrogen and oxygen atoms in total. The Morgan fingerprint density at radius 1 is 0.733 bits per heavy atom. The minimum Gasteiger partial charge on any atom is -0.353 e. The molecular weight excluding hydrogens is 376 g/mol. The Kier molecular flexibility index (Phi) is 3.60. The molecule has 0 aliphatic rings. The van der Waals surface area contributed by atoms with E-state index in [1.807, 2.05) is 30.3 Å². The van der Waals surface area contributed by atoms with Crippen molar-refractivity contribution in [1.82, 2.24) is 40.1 Å². The molecule has 6 aromatic rings. The van der Waals surface area contributed by atoms with Gasteiger partial charge in [-0.25, -0.2) is 15.0 Å². The summed E-state index contributed by atoms with van der Waals surface area (Å²) in [5.41, 5.74) is 7.79. The van der Waals surface area contributed by atoms with Crippen molar-refractivity contribution in [3.63, 3.8) is 0 Å². The van der Waals surface area contributed by atoms with Crippen LogP contribution in [0.3, 0.4) is 0 Å². The van der Waals surface area contributed by atoms with Gasteiger partial charge in [0.2, 0.25) is 0 Å². The Balaban J connectivity index is 1.52. The lowest BCUT2D eigenvalue weighted by Gasteiger charge is -2.01. The topological polar surface area (TPSA) is 109 Å². The highest BCUT2D eigenvalue weighted by Gasteiger charge is 2.16. The highest BCUT2D eigenvalue weighted by atomic mass is 15.1. The number of rotatable bonds is 3. The standard InChI is InChI=1S/C22H14N8/c1-2-18-21(28-16(1)14-10-24-12-25-11-14)22(30-29-18)19-9-15-17(27-19)5-8-26-20(15)13-3-6-23-7-4-13/h1-12,27H,(H,29,30). The van der Waals surface area contributed by atoms with Crippen molar-refractivity contribution in [2.24, 2.45) is 0 Å². The average Bonchev–Trinajstić information content (AvgIpc) is 3.43. The van der Waals surface area contributed by atoms with Gasteiger partial charge in [0.25, 0.3) is 0 Å². The summed E-state index contributed by atoms with van der Waals surface area (Å²) in [6.45, 7) is 0. The molecule has 0 spiro atoms. The van der Waals surface area contributed by atoms with E-state index in [0.717, 1.165) is 55.8 Å². The zero-order valence-electron chi connectivity index (χ0n) is 15.6. The third-order valence-corrected chi connectivity index (χ3v) is 5.02. The number of aromatic amines is 2. The van der Waals surface area contributed by atoms with Gasteiger partial charge < -0.3 is 4.98 Å². The second-order valence-electron chi connectivity index (χ2n) is 6.83. The molecule has 0 aliphatic heterocycles. The number of pyridine rings is 3. The van der Waals surface area contributed by atoms with Crippen molar-refractivity contribution in [2.45, 2.75) is 0 Å². The van der Waals surface area contributed by atoms with E-state index in [-0.39, 0.29) is 0 Å². The maximum atomic E-state index is 4.81. The zero-order valence-corrected chi connectivity index (χ0v) is 15.6. The largest absolute Gasteiger partial charge is 0.353 e. The van der Waals surface area contributed by atoms with Crippen LogP contribution in [0.15, 0.2) is 73.7 Å². The smallest absolute Gasteiger partial charge is 0.135 e. The van der Waals surface area contributed by atoms with Crippen molar-refractivity contribution in [3.05, 3.63) is 73.7 Å². The zero-order chi connectivity index (χ0) is 19.9. The van der Waals surface area contributed by atoms with E-state index in [0.29, 0.717) is 0 Å². The molecule has 0 bridgehead atoms. The lowest BCUT2D eigenvalue weighted by molar-refractivity contribution is 1.12. The maximum absolute atomic E-state index is 4.81. The first-order valence-corrected chi connectivity index (χ1v) is 9.36. The van der Waals surface area contributed by atoms with Gasteiger partial charge in [-0.15, -0.1) is 0 Å². The third-order valence-electron chi connectivity index (χ3n) is 5.02. The van der Waals surface area contributed by atoms with E-state index in [2.05, 4.69) is 41.2 Å². The monoisotopic (exact) mass is 390 g/mol. The molecule has 0 amide bonds. The van der Waals surface area contributed by atoms with Gasteiger partial charge in [-0.1, -0.05) is 0 Å². The summed E-state index contributed by atoms with van der Waals surface area (Å²) >= 11 is 0. The summed E-state index contributed by atoms with van der Waals surface area (Å²) < 4.78 is 0. The lowest BCUT2D eigenvalue weighted by Crippen LogP contribution is -1.87. The number of aromatic nitrogens is 8. The molecule has 0 aliphatic carbocycles. The molecule has 30 heavy (non-hydrogen) atoms. The molecule has 0 saturated carbocycles. The van der Waals surface area contributed by atoms with Crippen LogP contribution in [-0.2, 0) is 0 Å².